The molecule has 2 rings (SSSR count). The molecule has 15 heavy (non-hydrogen) atoms. The van der Waals surface area contributed by atoms with Crippen LogP contribution in [0.15, 0.2) is 6.07 Å². The average molecular weight is 206 g/mol. The molecule has 82 valence electrons. The summed E-state index contributed by atoms with van der Waals surface area (Å²) in [6.07, 6.45) is 4.90. The smallest absolute Gasteiger partial charge is 0.222 e. The largest absolute Gasteiger partial charge is 0.368 e. The Morgan fingerprint density at radius 3 is 2.67 bits per heavy atom. The van der Waals surface area contributed by atoms with Crippen LogP contribution in [0.4, 0.5) is 11.8 Å². The molecular weight excluding hydrogens is 188 g/mol. The van der Waals surface area contributed by atoms with Crippen LogP contribution in [-0.2, 0) is 0 Å². The maximum absolute atomic E-state index is 5.62. The predicted molar refractivity (Wildman–Crippen MR) is 61.7 cm³/mol. The molecule has 1 aliphatic rings. The standard InChI is InChI=1S/C11H18N4/c1-3-11(5-4-6-11)15-9-7-8(2)13-10(12)14-9/h7H,3-6H2,1-2H3,(H3,12,13,14,15). The van der Waals surface area contributed by atoms with Gasteiger partial charge >= 0.3 is 0 Å². The molecule has 0 atom stereocenters. The number of rotatable bonds is 3. The first-order valence-electron chi connectivity index (χ1n) is 5.53. The first-order valence-corrected chi connectivity index (χ1v) is 5.53. The lowest BCUT2D eigenvalue weighted by molar-refractivity contribution is 0.269. The van der Waals surface area contributed by atoms with Crippen LogP contribution in [0.25, 0.3) is 0 Å². The SMILES string of the molecule is CCC1(Nc2cc(C)nc(N)n2)CCC1. The van der Waals surface area contributed by atoms with Crippen molar-refractivity contribution in [2.75, 3.05) is 11.1 Å². The van der Waals surface area contributed by atoms with E-state index in [0.717, 1.165) is 17.9 Å². The first-order chi connectivity index (χ1) is 7.13. The number of aryl methyl sites for hydroxylation is 1. The van der Waals surface area contributed by atoms with Gasteiger partial charge in [-0.05, 0) is 32.6 Å². The Balaban J connectivity index is 2.16. The van der Waals surface area contributed by atoms with E-state index in [-0.39, 0.29) is 5.54 Å². The van der Waals surface area contributed by atoms with Crippen molar-refractivity contribution in [1.29, 1.82) is 0 Å². The molecule has 0 spiro atoms. The van der Waals surface area contributed by atoms with Crippen LogP contribution >= 0.6 is 0 Å². The van der Waals surface area contributed by atoms with Crippen molar-refractivity contribution in [3.63, 3.8) is 0 Å². The van der Waals surface area contributed by atoms with Gasteiger partial charge in [0.15, 0.2) is 0 Å². The number of aromatic nitrogens is 2. The minimum atomic E-state index is 0.257. The molecule has 0 unspecified atom stereocenters. The lowest BCUT2D eigenvalue weighted by atomic mass is 9.75. The molecular formula is C11H18N4. The van der Waals surface area contributed by atoms with Crippen molar-refractivity contribution < 1.29 is 0 Å². The Morgan fingerprint density at radius 1 is 1.47 bits per heavy atom. The van der Waals surface area contributed by atoms with Crippen molar-refractivity contribution >= 4 is 11.8 Å². The molecule has 4 nitrogen and oxygen atoms in total. The molecule has 0 aromatic carbocycles. The first kappa shape index (κ1) is 10.2. The number of nitrogens with zero attached hydrogens (tertiary/aromatic N) is 2. The number of nitrogens with two attached hydrogens (primary N) is 1. The highest BCUT2D eigenvalue weighted by atomic mass is 15.1. The Bertz CT molecular complexity index is 332. The number of hydrogen-bond acceptors (Lipinski definition) is 4. The van der Waals surface area contributed by atoms with E-state index in [0.29, 0.717) is 5.95 Å². The Labute approximate surface area is 90.3 Å². The molecule has 0 amide bonds. The van der Waals surface area contributed by atoms with E-state index in [1.54, 1.807) is 0 Å². The number of nitrogen functional groups attached to an aromatic ring is 1. The Kier molecular flexibility index (Phi) is 2.50. The summed E-state index contributed by atoms with van der Waals surface area (Å²) in [6.45, 7) is 4.15. The second-order valence-corrected chi connectivity index (χ2v) is 4.37. The van der Waals surface area contributed by atoms with Crippen molar-refractivity contribution in [3.05, 3.63) is 11.8 Å². The van der Waals surface area contributed by atoms with Crippen LogP contribution < -0.4 is 11.1 Å². The summed E-state index contributed by atoms with van der Waals surface area (Å²) in [5.41, 5.74) is 6.79. The molecule has 0 bridgehead atoms. The van der Waals surface area contributed by atoms with Crippen molar-refractivity contribution in [3.8, 4) is 0 Å². The quantitative estimate of drug-likeness (QED) is 0.795. The monoisotopic (exact) mass is 206 g/mol. The summed E-state index contributed by atoms with van der Waals surface area (Å²) >= 11 is 0. The third-order valence-electron chi connectivity index (χ3n) is 3.25. The summed E-state index contributed by atoms with van der Waals surface area (Å²) < 4.78 is 0. The fourth-order valence-corrected chi connectivity index (χ4v) is 2.10. The summed E-state index contributed by atoms with van der Waals surface area (Å²) in [5, 5.41) is 3.49. The molecule has 1 aliphatic carbocycles. The zero-order valence-corrected chi connectivity index (χ0v) is 9.38. The highest BCUT2D eigenvalue weighted by molar-refractivity contribution is 5.43. The highest BCUT2D eigenvalue weighted by Gasteiger charge is 2.35. The number of anilines is 2. The minimum Gasteiger partial charge on any atom is -0.368 e. The van der Waals surface area contributed by atoms with E-state index >= 15 is 0 Å². The van der Waals surface area contributed by atoms with E-state index < -0.39 is 0 Å². The van der Waals surface area contributed by atoms with Gasteiger partial charge in [-0.2, -0.15) is 4.98 Å². The summed E-state index contributed by atoms with van der Waals surface area (Å²) in [4.78, 5) is 8.26. The number of hydrogen-bond donors (Lipinski definition) is 2. The van der Waals surface area contributed by atoms with Gasteiger partial charge in [0.1, 0.15) is 5.82 Å². The van der Waals surface area contributed by atoms with Gasteiger partial charge in [0.05, 0.1) is 0 Å². The van der Waals surface area contributed by atoms with Gasteiger partial charge < -0.3 is 11.1 Å². The molecule has 0 radical (unpaired) electrons. The molecule has 1 fully saturated rings. The van der Waals surface area contributed by atoms with Crippen LogP contribution in [-0.4, -0.2) is 15.5 Å². The molecule has 4 heteroatoms. The zero-order valence-electron chi connectivity index (χ0n) is 9.38. The Hall–Kier alpha value is -1.32. The third kappa shape index (κ3) is 2.03. The van der Waals surface area contributed by atoms with Crippen LogP contribution in [0.5, 0.6) is 0 Å². The van der Waals surface area contributed by atoms with Gasteiger partial charge in [-0.1, -0.05) is 6.92 Å². The highest BCUT2D eigenvalue weighted by Crippen LogP contribution is 2.37. The van der Waals surface area contributed by atoms with Gasteiger partial charge in [-0.25, -0.2) is 4.98 Å². The maximum Gasteiger partial charge on any atom is 0.222 e. The van der Waals surface area contributed by atoms with Gasteiger partial charge in [0.2, 0.25) is 5.95 Å². The third-order valence-corrected chi connectivity index (χ3v) is 3.25. The minimum absolute atomic E-state index is 0.257. The van der Waals surface area contributed by atoms with Crippen molar-refractivity contribution in [1.82, 2.24) is 9.97 Å². The summed E-state index contributed by atoms with van der Waals surface area (Å²) in [5.74, 6) is 1.21. The molecule has 0 aliphatic heterocycles. The Morgan fingerprint density at radius 2 is 2.20 bits per heavy atom. The fraction of sp³-hybridized carbons (Fsp3) is 0.636. The number of nitrogens with one attached hydrogen (secondary N) is 1. The molecule has 1 saturated carbocycles. The van der Waals surface area contributed by atoms with E-state index in [4.69, 9.17) is 5.73 Å². The van der Waals surface area contributed by atoms with Crippen molar-refractivity contribution in [2.45, 2.75) is 45.1 Å². The van der Waals surface area contributed by atoms with Crippen molar-refractivity contribution in [2.24, 2.45) is 0 Å². The second-order valence-electron chi connectivity index (χ2n) is 4.37. The average Bonchev–Trinajstić information content (AvgIpc) is 2.10. The lowest BCUT2D eigenvalue weighted by Gasteiger charge is -2.42. The van der Waals surface area contributed by atoms with E-state index in [9.17, 15) is 0 Å². The van der Waals surface area contributed by atoms with E-state index in [2.05, 4.69) is 22.2 Å². The zero-order chi connectivity index (χ0) is 10.9. The van der Waals surface area contributed by atoms with Crippen LogP contribution in [0, 0.1) is 6.92 Å². The molecule has 1 heterocycles. The van der Waals surface area contributed by atoms with Gasteiger partial charge in [0, 0.05) is 17.3 Å². The predicted octanol–water partition coefficient (Wildman–Crippen LogP) is 2.11. The van der Waals surface area contributed by atoms with Gasteiger partial charge in [-0.15, -0.1) is 0 Å². The normalized spacial score (nSPS) is 18.3. The maximum atomic E-state index is 5.62. The van der Waals surface area contributed by atoms with E-state index in [1.165, 1.54) is 19.3 Å². The second kappa shape index (κ2) is 3.68. The van der Waals surface area contributed by atoms with E-state index in [1.807, 2.05) is 13.0 Å². The summed E-state index contributed by atoms with van der Waals surface area (Å²) in [7, 11) is 0. The van der Waals surface area contributed by atoms with Crippen LogP contribution in [0.2, 0.25) is 0 Å². The van der Waals surface area contributed by atoms with Gasteiger partial charge in [-0.3, -0.25) is 0 Å². The van der Waals surface area contributed by atoms with Gasteiger partial charge in [0.25, 0.3) is 0 Å². The van der Waals surface area contributed by atoms with Crippen LogP contribution in [0.3, 0.4) is 0 Å². The molecule has 1 aromatic rings. The lowest BCUT2D eigenvalue weighted by Crippen LogP contribution is -2.44. The molecule has 1 aromatic heterocycles. The topological polar surface area (TPSA) is 63.8 Å². The molecule has 3 N–H and O–H groups in total. The fourth-order valence-electron chi connectivity index (χ4n) is 2.10. The summed E-state index contributed by atoms with van der Waals surface area (Å²) in [6, 6.07) is 1.95. The molecule has 0 saturated heterocycles. The van der Waals surface area contributed by atoms with Crippen LogP contribution in [0.1, 0.15) is 38.3 Å².